The summed E-state index contributed by atoms with van der Waals surface area (Å²) in [5, 5.41) is 3.46. The molecule has 1 aromatic heterocycles. The van der Waals surface area contributed by atoms with Crippen LogP contribution in [0.1, 0.15) is 31.6 Å². The molecule has 5 rings (SSSR count). The summed E-state index contributed by atoms with van der Waals surface area (Å²) >= 11 is 0. The summed E-state index contributed by atoms with van der Waals surface area (Å²) in [6, 6.07) is 19.7. The van der Waals surface area contributed by atoms with Gasteiger partial charge in [0.15, 0.2) is 12.4 Å². The molecular weight excluding hydrogens is 404 g/mol. The van der Waals surface area contributed by atoms with Gasteiger partial charge in [0.2, 0.25) is 0 Å². The Morgan fingerprint density at radius 3 is 2.62 bits per heavy atom. The van der Waals surface area contributed by atoms with Crippen LogP contribution in [0.2, 0.25) is 0 Å². The highest BCUT2D eigenvalue weighted by atomic mass is 16.5. The highest BCUT2D eigenvalue weighted by Crippen LogP contribution is 2.45. The number of amides is 1. The van der Waals surface area contributed by atoms with E-state index in [0.717, 1.165) is 17.8 Å². The number of ketones is 1. The Morgan fingerprint density at radius 2 is 1.84 bits per heavy atom. The molecule has 0 spiro atoms. The molecule has 162 valence electrons. The molecule has 0 fully saturated rings. The van der Waals surface area contributed by atoms with Gasteiger partial charge in [0.25, 0.3) is 5.91 Å². The van der Waals surface area contributed by atoms with Gasteiger partial charge in [-0.2, -0.15) is 0 Å². The van der Waals surface area contributed by atoms with Crippen molar-refractivity contribution in [2.45, 2.75) is 25.8 Å². The number of carbonyl (C=O) groups excluding carboxylic acids is 2. The lowest BCUT2D eigenvalue weighted by Gasteiger charge is -2.33. The van der Waals surface area contributed by atoms with Crippen molar-refractivity contribution in [2.24, 2.45) is 5.92 Å². The highest BCUT2D eigenvalue weighted by Gasteiger charge is 2.42. The summed E-state index contributed by atoms with van der Waals surface area (Å²) < 4.78 is 11.5. The second kappa shape index (κ2) is 8.38. The molecule has 0 unspecified atom stereocenters. The number of benzene rings is 2. The first-order chi connectivity index (χ1) is 15.6. The van der Waals surface area contributed by atoms with E-state index in [0.29, 0.717) is 29.2 Å². The predicted octanol–water partition coefficient (Wildman–Crippen LogP) is 5.11. The topological polar surface area (TPSA) is 71.8 Å². The van der Waals surface area contributed by atoms with Gasteiger partial charge in [-0.05, 0) is 48.7 Å². The molecule has 1 aliphatic heterocycles. The van der Waals surface area contributed by atoms with Gasteiger partial charge in [0, 0.05) is 17.7 Å². The quantitative estimate of drug-likeness (QED) is 0.625. The molecule has 2 heterocycles. The molecule has 2 aliphatic rings. The molecule has 3 aromatic rings. The molecule has 1 N–H and O–H groups in total. The van der Waals surface area contributed by atoms with Crippen LogP contribution in [-0.4, -0.2) is 18.3 Å². The number of para-hydroxylation sites is 3. The number of hydrogen-bond acceptors (Lipinski definition) is 5. The summed E-state index contributed by atoms with van der Waals surface area (Å²) in [6.07, 6.45) is 2.74. The van der Waals surface area contributed by atoms with E-state index in [2.05, 4.69) is 12.2 Å². The molecule has 6 nitrogen and oxygen atoms in total. The van der Waals surface area contributed by atoms with E-state index in [4.69, 9.17) is 9.15 Å². The van der Waals surface area contributed by atoms with E-state index in [-0.39, 0.29) is 24.2 Å². The Balaban J connectivity index is 1.61. The monoisotopic (exact) mass is 428 g/mol. The zero-order chi connectivity index (χ0) is 22.1. The highest BCUT2D eigenvalue weighted by molar-refractivity contribution is 6.06. The Kier molecular flexibility index (Phi) is 5.27. The number of carbonyl (C=O) groups is 2. The van der Waals surface area contributed by atoms with Gasteiger partial charge in [-0.1, -0.05) is 37.3 Å². The van der Waals surface area contributed by atoms with Crippen LogP contribution >= 0.6 is 0 Å². The molecule has 0 bridgehead atoms. The summed E-state index contributed by atoms with van der Waals surface area (Å²) in [5.74, 6) is 1.15. The van der Waals surface area contributed by atoms with Gasteiger partial charge in [0.05, 0.1) is 17.6 Å². The second-order valence-electron chi connectivity index (χ2n) is 8.25. The lowest BCUT2D eigenvalue weighted by molar-refractivity contribution is -0.121. The minimum absolute atomic E-state index is 0.0298. The number of allylic oxidation sites excluding steroid dienone is 1. The third kappa shape index (κ3) is 3.68. The Bertz CT molecular complexity index is 1170. The Labute approximate surface area is 186 Å². The number of fused-ring (bicyclic) bond motifs is 1. The smallest absolute Gasteiger partial charge is 0.265 e. The van der Waals surface area contributed by atoms with Crippen LogP contribution in [0.25, 0.3) is 0 Å². The third-order valence-electron chi connectivity index (χ3n) is 5.88. The number of nitrogens with one attached hydrogen (secondary N) is 1. The first-order valence-electron chi connectivity index (χ1n) is 10.8. The summed E-state index contributed by atoms with van der Waals surface area (Å²) in [4.78, 5) is 28.6. The van der Waals surface area contributed by atoms with Crippen LogP contribution in [0.3, 0.4) is 0 Å². The number of hydrogen-bond donors (Lipinski definition) is 1. The van der Waals surface area contributed by atoms with Gasteiger partial charge in [0.1, 0.15) is 17.6 Å². The van der Waals surface area contributed by atoms with E-state index in [1.54, 1.807) is 17.2 Å². The second-order valence-corrected chi connectivity index (χ2v) is 8.25. The zero-order valence-electron chi connectivity index (χ0n) is 17.8. The molecule has 1 aliphatic carbocycles. The molecule has 0 saturated carbocycles. The minimum atomic E-state index is -0.664. The number of ether oxygens (including phenoxy) is 1. The zero-order valence-corrected chi connectivity index (χ0v) is 17.8. The third-order valence-corrected chi connectivity index (χ3v) is 5.88. The SMILES string of the molecule is C[C@@H]1CC(=O)C2=C(C1)Nc1ccccc1N(C(=O)COc1ccccc1)[C@H]2c1ccco1. The molecule has 6 heteroatoms. The maximum atomic E-state index is 13.6. The van der Waals surface area contributed by atoms with Crippen LogP contribution in [0, 0.1) is 5.92 Å². The van der Waals surface area contributed by atoms with Gasteiger partial charge < -0.3 is 14.5 Å². The van der Waals surface area contributed by atoms with E-state index in [9.17, 15) is 9.59 Å². The predicted molar refractivity (Wildman–Crippen MR) is 121 cm³/mol. The average molecular weight is 428 g/mol. The fourth-order valence-electron chi connectivity index (χ4n) is 4.51. The van der Waals surface area contributed by atoms with Crippen molar-refractivity contribution in [2.75, 3.05) is 16.8 Å². The summed E-state index contributed by atoms with van der Waals surface area (Å²) in [5.41, 5.74) is 2.90. The normalized spacial score (nSPS) is 20.2. The van der Waals surface area contributed by atoms with Gasteiger partial charge in [-0.3, -0.25) is 14.5 Å². The van der Waals surface area contributed by atoms with Gasteiger partial charge in [-0.25, -0.2) is 0 Å². The van der Waals surface area contributed by atoms with Crippen LogP contribution in [0.5, 0.6) is 5.75 Å². The van der Waals surface area contributed by atoms with Gasteiger partial charge in [-0.15, -0.1) is 0 Å². The first kappa shape index (κ1) is 20.1. The molecular formula is C26H24N2O4. The van der Waals surface area contributed by atoms with Crippen LogP contribution < -0.4 is 15.0 Å². The summed E-state index contributed by atoms with van der Waals surface area (Å²) in [6.45, 7) is 1.90. The molecule has 0 radical (unpaired) electrons. The van der Waals surface area contributed by atoms with Crippen LogP contribution in [-0.2, 0) is 9.59 Å². The van der Waals surface area contributed by atoms with E-state index < -0.39 is 6.04 Å². The van der Waals surface area contributed by atoms with Crippen molar-refractivity contribution >= 4 is 23.1 Å². The standard InChI is InChI=1S/C26H24N2O4/c1-17-14-20-25(22(29)15-17)26(23-12-7-13-31-23)28(21-11-6-5-10-19(21)27-20)24(30)16-32-18-8-3-2-4-9-18/h2-13,17,26-27H,14-16H2,1H3/t17-,26-/m0/s1. The molecule has 0 saturated heterocycles. The Morgan fingerprint density at radius 1 is 1.06 bits per heavy atom. The number of furan rings is 1. The fraction of sp³-hybridized carbons (Fsp3) is 0.231. The number of nitrogens with zero attached hydrogens (tertiary/aromatic N) is 1. The van der Waals surface area contributed by atoms with Crippen molar-refractivity contribution in [1.29, 1.82) is 0 Å². The van der Waals surface area contributed by atoms with Crippen molar-refractivity contribution in [3.63, 3.8) is 0 Å². The molecule has 1 amide bonds. The molecule has 2 aromatic carbocycles. The van der Waals surface area contributed by atoms with E-state index >= 15 is 0 Å². The number of anilines is 2. The van der Waals surface area contributed by atoms with Crippen molar-refractivity contribution in [3.8, 4) is 5.75 Å². The Hall–Kier alpha value is -3.80. The molecule has 32 heavy (non-hydrogen) atoms. The first-order valence-corrected chi connectivity index (χ1v) is 10.8. The van der Waals surface area contributed by atoms with Gasteiger partial charge >= 0.3 is 0 Å². The average Bonchev–Trinajstić information content (AvgIpc) is 3.27. The fourth-order valence-corrected chi connectivity index (χ4v) is 4.51. The van der Waals surface area contributed by atoms with Crippen molar-refractivity contribution in [3.05, 3.63) is 90.0 Å². The maximum Gasteiger partial charge on any atom is 0.265 e. The summed E-state index contributed by atoms with van der Waals surface area (Å²) in [7, 11) is 0. The van der Waals surface area contributed by atoms with E-state index in [1.807, 2.05) is 60.7 Å². The largest absolute Gasteiger partial charge is 0.484 e. The van der Waals surface area contributed by atoms with Crippen LogP contribution in [0.4, 0.5) is 11.4 Å². The number of Topliss-reactive ketones (excluding diaryl/α,β-unsaturated/α-hetero) is 1. The van der Waals surface area contributed by atoms with Crippen molar-refractivity contribution in [1.82, 2.24) is 0 Å². The van der Waals surface area contributed by atoms with Crippen molar-refractivity contribution < 1.29 is 18.7 Å². The van der Waals surface area contributed by atoms with E-state index in [1.165, 1.54) is 0 Å². The molecule has 2 atom stereocenters. The maximum absolute atomic E-state index is 13.6. The lowest BCUT2D eigenvalue weighted by Crippen LogP contribution is -2.40. The lowest BCUT2D eigenvalue weighted by atomic mass is 9.83. The minimum Gasteiger partial charge on any atom is -0.484 e. The number of rotatable bonds is 4. The van der Waals surface area contributed by atoms with Crippen LogP contribution in [0.15, 0.2) is 88.7 Å².